The number of rotatable bonds is 7. The van der Waals surface area contributed by atoms with Gasteiger partial charge in [-0.3, -0.25) is 0 Å². The molecule has 0 bridgehead atoms. The maximum absolute atomic E-state index is 10.7. The number of piperidine rings is 1. The molecule has 0 N–H and O–H groups in total. The summed E-state index contributed by atoms with van der Waals surface area (Å²) in [6.07, 6.45) is 7.39. The Kier molecular flexibility index (Phi) is 6.60. The normalized spacial score (nSPS) is 15.1. The zero-order valence-corrected chi connectivity index (χ0v) is 20.0. The van der Waals surface area contributed by atoms with Crippen molar-refractivity contribution in [2.24, 2.45) is 17.3 Å². The molecule has 1 aliphatic rings. The van der Waals surface area contributed by atoms with E-state index in [-0.39, 0.29) is 0 Å². The Bertz CT molecular complexity index is 1430. The molecule has 2 aromatic carbocycles. The molecule has 0 saturated carbocycles. The highest BCUT2D eigenvalue weighted by Gasteiger charge is 2.20. The minimum atomic E-state index is -2.41. The van der Waals surface area contributed by atoms with Crippen LogP contribution in [0.4, 0.5) is 5.69 Å². The average molecular weight is 477 g/mol. The maximum Gasteiger partial charge on any atom is 0.316 e. The number of benzene rings is 2. The summed E-state index contributed by atoms with van der Waals surface area (Å²) in [6, 6.07) is 15.6. The van der Waals surface area contributed by atoms with E-state index >= 15 is 0 Å². The molecule has 0 amide bonds. The largest absolute Gasteiger partial charge is 0.477 e. The van der Waals surface area contributed by atoms with E-state index in [1.165, 1.54) is 10.9 Å². The van der Waals surface area contributed by atoms with Crippen LogP contribution in [-0.2, 0) is 24.0 Å². The van der Waals surface area contributed by atoms with E-state index < -0.39 is 10.5 Å². The van der Waals surface area contributed by atoms with Gasteiger partial charge in [-0.05, 0) is 62.0 Å². The molecule has 0 radical (unpaired) electrons. The van der Waals surface area contributed by atoms with Crippen molar-refractivity contribution in [3.8, 4) is 5.88 Å². The Morgan fingerprint density at radius 1 is 1.00 bits per heavy atom. The Hall–Kier alpha value is -3.23. The molecule has 0 aliphatic carbocycles. The second-order valence-electron chi connectivity index (χ2n) is 9.01. The molecule has 1 fully saturated rings. The predicted molar refractivity (Wildman–Crippen MR) is 134 cm³/mol. The lowest BCUT2D eigenvalue weighted by molar-refractivity contribution is 0.141. The summed E-state index contributed by atoms with van der Waals surface area (Å²) in [5.41, 5.74) is 2.62. The van der Waals surface area contributed by atoms with Gasteiger partial charge in [0.1, 0.15) is 0 Å². The fourth-order valence-corrected chi connectivity index (χ4v) is 5.01. The molecular formula is C26H28N4O3S. The van der Waals surface area contributed by atoms with Gasteiger partial charge in [0.15, 0.2) is 0 Å². The van der Waals surface area contributed by atoms with Crippen molar-refractivity contribution in [3.63, 3.8) is 0 Å². The first-order chi connectivity index (χ1) is 16.5. The zero-order valence-electron chi connectivity index (χ0n) is 19.2. The van der Waals surface area contributed by atoms with Gasteiger partial charge in [-0.1, -0.05) is 30.3 Å². The van der Waals surface area contributed by atoms with Gasteiger partial charge in [-0.15, -0.1) is 4.36 Å². The zero-order chi connectivity index (χ0) is 23.5. The van der Waals surface area contributed by atoms with Crippen molar-refractivity contribution < 1.29 is 13.2 Å². The fourth-order valence-electron chi connectivity index (χ4n) is 4.72. The molecule has 5 rings (SSSR count). The van der Waals surface area contributed by atoms with Crippen molar-refractivity contribution in [1.82, 2.24) is 14.5 Å². The number of hydrogen-bond acceptors (Lipinski definition) is 6. The number of ether oxygens (including phenoxy) is 1. The van der Waals surface area contributed by atoms with Crippen LogP contribution in [0.5, 0.6) is 5.88 Å². The molecule has 2 aromatic heterocycles. The first-order valence-corrected chi connectivity index (χ1v) is 12.7. The molecule has 176 valence electrons. The third-order valence-corrected chi connectivity index (χ3v) is 6.96. The minimum Gasteiger partial charge on any atom is -0.477 e. The molecule has 8 heteroatoms. The lowest BCUT2D eigenvalue weighted by Crippen LogP contribution is -2.36. The van der Waals surface area contributed by atoms with Gasteiger partial charge < -0.3 is 14.2 Å². The molecule has 1 aliphatic heterocycles. The number of nitrogens with zero attached hydrogens (tertiary/aromatic N) is 4. The van der Waals surface area contributed by atoms with E-state index in [0.29, 0.717) is 18.2 Å². The Morgan fingerprint density at radius 2 is 1.74 bits per heavy atom. The highest BCUT2D eigenvalue weighted by atomic mass is 32.2. The van der Waals surface area contributed by atoms with Crippen LogP contribution in [0.1, 0.15) is 18.4 Å². The number of aromatic nitrogens is 2. The van der Waals surface area contributed by atoms with Gasteiger partial charge in [0.25, 0.3) is 0 Å². The van der Waals surface area contributed by atoms with Gasteiger partial charge in [0.05, 0.1) is 23.2 Å². The van der Waals surface area contributed by atoms with Gasteiger partial charge in [-0.2, -0.15) is 8.42 Å². The maximum atomic E-state index is 10.7. The standard InChI is InChI=1S/C26H28N4O3S/c1-29-16-23-22-4-2-3-5-25(22)27-26(24(23)17-29)33-18-20-11-14-30(15-12-20)13-10-19-6-8-21(9-7-19)28-34(31)32/h2-9,16-17,20H,10-15,18H2,1H3. The molecule has 7 nitrogen and oxygen atoms in total. The number of para-hydroxylation sites is 1. The van der Waals surface area contributed by atoms with E-state index in [0.717, 1.165) is 61.1 Å². The third-order valence-electron chi connectivity index (χ3n) is 6.60. The summed E-state index contributed by atoms with van der Waals surface area (Å²) < 4.78 is 33.2. The molecule has 0 unspecified atom stereocenters. The number of hydrogen-bond donors (Lipinski definition) is 0. The van der Waals surface area contributed by atoms with Gasteiger partial charge in [0, 0.05) is 36.8 Å². The minimum absolute atomic E-state index is 0.464. The van der Waals surface area contributed by atoms with Crippen LogP contribution >= 0.6 is 0 Å². The Balaban J connectivity index is 1.15. The first-order valence-electron chi connectivity index (χ1n) is 11.6. The monoisotopic (exact) mass is 476 g/mol. The van der Waals surface area contributed by atoms with Gasteiger partial charge >= 0.3 is 10.5 Å². The molecular weight excluding hydrogens is 448 g/mol. The van der Waals surface area contributed by atoms with Crippen molar-refractivity contribution in [1.29, 1.82) is 0 Å². The summed E-state index contributed by atoms with van der Waals surface area (Å²) in [5, 5.41) is 3.41. The van der Waals surface area contributed by atoms with E-state index in [9.17, 15) is 8.42 Å². The molecule has 34 heavy (non-hydrogen) atoms. The van der Waals surface area contributed by atoms with Crippen LogP contribution in [0, 0.1) is 5.92 Å². The van der Waals surface area contributed by atoms with Crippen LogP contribution in [0.3, 0.4) is 0 Å². The van der Waals surface area contributed by atoms with Crippen molar-refractivity contribution >= 4 is 37.9 Å². The highest BCUT2D eigenvalue weighted by molar-refractivity contribution is 7.61. The summed E-state index contributed by atoms with van der Waals surface area (Å²) >= 11 is 0. The van der Waals surface area contributed by atoms with Crippen LogP contribution in [0.2, 0.25) is 0 Å². The highest BCUT2D eigenvalue weighted by Crippen LogP contribution is 2.32. The summed E-state index contributed by atoms with van der Waals surface area (Å²) in [4.78, 5) is 7.31. The van der Waals surface area contributed by atoms with E-state index in [2.05, 4.69) is 32.3 Å². The SMILES string of the molecule is Cn1cc2c(OCC3CCN(CCc4ccc(N=S(=O)=O)cc4)CC3)nc3ccccc3c2c1. The molecule has 0 atom stereocenters. The van der Waals surface area contributed by atoms with E-state index in [1.54, 1.807) is 12.1 Å². The molecule has 0 spiro atoms. The topological polar surface area (TPSA) is 76.8 Å². The first kappa shape index (κ1) is 22.6. The van der Waals surface area contributed by atoms with Crippen LogP contribution < -0.4 is 4.74 Å². The van der Waals surface area contributed by atoms with Crippen molar-refractivity contribution in [2.75, 3.05) is 26.2 Å². The second kappa shape index (κ2) is 9.95. The quantitative estimate of drug-likeness (QED) is 0.385. The third kappa shape index (κ3) is 5.13. The average Bonchev–Trinajstić information content (AvgIpc) is 3.24. The summed E-state index contributed by atoms with van der Waals surface area (Å²) in [6.45, 7) is 3.80. The lowest BCUT2D eigenvalue weighted by Gasteiger charge is -2.31. The van der Waals surface area contributed by atoms with Gasteiger partial charge in [0.2, 0.25) is 5.88 Å². The molecule has 4 aromatic rings. The number of pyridine rings is 1. The van der Waals surface area contributed by atoms with E-state index in [4.69, 9.17) is 9.72 Å². The predicted octanol–water partition coefficient (Wildman–Crippen LogP) is 4.75. The van der Waals surface area contributed by atoms with Crippen LogP contribution in [0.25, 0.3) is 21.7 Å². The van der Waals surface area contributed by atoms with Crippen LogP contribution in [-0.4, -0.2) is 49.1 Å². The van der Waals surface area contributed by atoms with Crippen molar-refractivity contribution in [2.45, 2.75) is 19.3 Å². The lowest BCUT2D eigenvalue weighted by atomic mass is 9.97. The Morgan fingerprint density at radius 3 is 2.50 bits per heavy atom. The fraction of sp³-hybridized carbons (Fsp3) is 0.346. The second-order valence-corrected chi connectivity index (χ2v) is 9.62. The summed E-state index contributed by atoms with van der Waals surface area (Å²) in [7, 11) is -0.375. The molecule has 3 heterocycles. The number of fused-ring (bicyclic) bond motifs is 3. The number of aryl methyl sites for hydroxylation is 1. The summed E-state index contributed by atoms with van der Waals surface area (Å²) in [5.74, 6) is 1.25. The smallest absolute Gasteiger partial charge is 0.316 e. The van der Waals surface area contributed by atoms with Crippen molar-refractivity contribution in [3.05, 3.63) is 66.5 Å². The Labute approximate surface area is 200 Å². The van der Waals surface area contributed by atoms with Gasteiger partial charge in [-0.25, -0.2) is 4.98 Å². The number of likely N-dealkylation sites (tertiary alicyclic amines) is 1. The van der Waals surface area contributed by atoms with Crippen LogP contribution in [0.15, 0.2) is 65.3 Å². The van der Waals surface area contributed by atoms with E-state index in [1.807, 2.05) is 37.4 Å². The molecule has 1 saturated heterocycles.